The van der Waals surface area contributed by atoms with Gasteiger partial charge in [0.1, 0.15) is 6.10 Å². The smallest absolute Gasteiger partial charge is 0.303 e. The number of esters is 1. The fourth-order valence-electron chi connectivity index (χ4n) is 2.32. The quantitative estimate of drug-likeness (QED) is 0.849. The van der Waals surface area contributed by atoms with Crippen molar-refractivity contribution in [3.8, 4) is 0 Å². The van der Waals surface area contributed by atoms with E-state index in [0.29, 0.717) is 6.61 Å². The maximum atomic E-state index is 11.2. The highest BCUT2D eigenvalue weighted by Crippen LogP contribution is 2.25. The minimum Gasteiger partial charge on any atom is -0.457 e. The topological polar surface area (TPSA) is 65.0 Å². The number of rotatable bonds is 4. The lowest BCUT2D eigenvalue weighted by atomic mass is 10.0. The molecule has 20 heavy (non-hydrogen) atoms. The molecule has 5 nitrogen and oxygen atoms in total. The zero-order valence-electron chi connectivity index (χ0n) is 11.7. The second-order valence-corrected chi connectivity index (χ2v) is 4.94. The number of carbonyl (C=O) groups excluding carboxylic acids is 1. The van der Waals surface area contributed by atoms with Crippen LogP contribution in [0.3, 0.4) is 0 Å². The minimum atomic E-state index is -0.891. The van der Waals surface area contributed by atoms with Gasteiger partial charge in [0.2, 0.25) is 0 Å². The molecule has 5 heteroatoms. The van der Waals surface area contributed by atoms with Gasteiger partial charge in [-0.3, -0.25) is 4.79 Å². The summed E-state index contributed by atoms with van der Waals surface area (Å²) in [4.78, 5) is 11.2. The van der Waals surface area contributed by atoms with Crippen LogP contribution in [0.2, 0.25) is 0 Å². The van der Waals surface area contributed by atoms with Gasteiger partial charge in [-0.1, -0.05) is 30.3 Å². The van der Waals surface area contributed by atoms with Crippen LogP contribution in [-0.4, -0.2) is 35.7 Å². The summed E-state index contributed by atoms with van der Waals surface area (Å²) in [6.07, 6.45) is -1.88. The first-order valence-electron chi connectivity index (χ1n) is 6.72. The molecular formula is C15H20O5. The zero-order chi connectivity index (χ0) is 14.5. The van der Waals surface area contributed by atoms with Crippen molar-refractivity contribution in [2.45, 2.75) is 51.5 Å². The van der Waals surface area contributed by atoms with E-state index < -0.39 is 18.5 Å². The Balaban J connectivity index is 1.99. The Bertz CT molecular complexity index is 433. The van der Waals surface area contributed by atoms with Crippen LogP contribution >= 0.6 is 0 Å². The van der Waals surface area contributed by atoms with E-state index in [0.717, 1.165) is 5.56 Å². The predicted molar refractivity (Wildman–Crippen MR) is 71.7 cm³/mol. The van der Waals surface area contributed by atoms with Gasteiger partial charge in [0, 0.05) is 13.3 Å². The maximum Gasteiger partial charge on any atom is 0.303 e. The summed E-state index contributed by atoms with van der Waals surface area (Å²) < 4.78 is 16.3. The van der Waals surface area contributed by atoms with Crippen molar-refractivity contribution < 1.29 is 24.1 Å². The van der Waals surface area contributed by atoms with Gasteiger partial charge >= 0.3 is 5.97 Å². The van der Waals surface area contributed by atoms with E-state index in [1.54, 1.807) is 6.92 Å². The normalized spacial score (nSPS) is 29.9. The van der Waals surface area contributed by atoms with Crippen LogP contribution < -0.4 is 0 Å². The third kappa shape index (κ3) is 4.03. The highest BCUT2D eigenvalue weighted by Gasteiger charge is 2.38. The van der Waals surface area contributed by atoms with Gasteiger partial charge in [-0.2, -0.15) is 0 Å². The summed E-state index contributed by atoms with van der Waals surface area (Å²) in [5.74, 6) is -0.379. The lowest BCUT2D eigenvalue weighted by molar-refractivity contribution is -0.245. The molecule has 4 atom stereocenters. The van der Waals surface area contributed by atoms with Crippen LogP contribution in [0.5, 0.6) is 0 Å². The third-order valence-corrected chi connectivity index (χ3v) is 3.24. The summed E-state index contributed by atoms with van der Waals surface area (Å²) in [5.41, 5.74) is 1.03. The summed E-state index contributed by atoms with van der Waals surface area (Å²) in [5, 5.41) is 9.66. The molecule has 1 aliphatic rings. The Kier molecular flexibility index (Phi) is 5.11. The molecule has 0 bridgehead atoms. The van der Waals surface area contributed by atoms with Crippen molar-refractivity contribution >= 4 is 5.97 Å². The molecule has 1 heterocycles. The fraction of sp³-hybridized carbons (Fsp3) is 0.533. The molecule has 0 unspecified atom stereocenters. The van der Waals surface area contributed by atoms with Gasteiger partial charge in [-0.25, -0.2) is 0 Å². The molecule has 0 saturated carbocycles. The van der Waals surface area contributed by atoms with Crippen LogP contribution in [0, 0.1) is 0 Å². The molecule has 0 amide bonds. The van der Waals surface area contributed by atoms with Crippen molar-refractivity contribution in [1.82, 2.24) is 0 Å². The van der Waals surface area contributed by atoms with Crippen molar-refractivity contribution in [3.05, 3.63) is 35.9 Å². The Morgan fingerprint density at radius 2 is 2.10 bits per heavy atom. The molecule has 0 radical (unpaired) electrons. The van der Waals surface area contributed by atoms with E-state index in [-0.39, 0.29) is 18.5 Å². The van der Waals surface area contributed by atoms with Crippen LogP contribution in [0.25, 0.3) is 0 Å². The lowest BCUT2D eigenvalue weighted by Gasteiger charge is -2.37. The van der Waals surface area contributed by atoms with Crippen LogP contribution in [0.15, 0.2) is 30.3 Å². The van der Waals surface area contributed by atoms with Crippen LogP contribution in [0.1, 0.15) is 25.8 Å². The molecule has 1 fully saturated rings. The SMILES string of the molecule is CC(=O)O[C@H]1[C@@H](C)O[C@H](O)C[C@H]1OCc1ccccc1. The van der Waals surface area contributed by atoms with E-state index in [1.165, 1.54) is 6.92 Å². The van der Waals surface area contributed by atoms with Crippen LogP contribution in [0.4, 0.5) is 0 Å². The Labute approximate surface area is 118 Å². The fourth-order valence-corrected chi connectivity index (χ4v) is 2.32. The van der Waals surface area contributed by atoms with Gasteiger partial charge in [0.15, 0.2) is 12.4 Å². The zero-order valence-corrected chi connectivity index (χ0v) is 11.7. The second kappa shape index (κ2) is 6.83. The second-order valence-electron chi connectivity index (χ2n) is 4.94. The lowest BCUT2D eigenvalue weighted by Crippen LogP contribution is -2.50. The monoisotopic (exact) mass is 280 g/mol. The van der Waals surface area contributed by atoms with Gasteiger partial charge in [-0.15, -0.1) is 0 Å². The molecule has 1 aliphatic heterocycles. The Morgan fingerprint density at radius 1 is 1.40 bits per heavy atom. The van der Waals surface area contributed by atoms with Gasteiger partial charge < -0.3 is 19.3 Å². The predicted octanol–water partition coefficient (Wildman–Crippen LogP) is 1.63. The molecule has 2 rings (SSSR count). The first kappa shape index (κ1) is 15.0. The Morgan fingerprint density at radius 3 is 2.75 bits per heavy atom. The summed E-state index contributed by atoms with van der Waals surface area (Å²) in [7, 11) is 0. The van der Waals surface area contributed by atoms with E-state index >= 15 is 0 Å². The average Bonchev–Trinajstić information content (AvgIpc) is 2.40. The number of ether oxygens (including phenoxy) is 3. The molecule has 1 saturated heterocycles. The van der Waals surface area contributed by atoms with Crippen LogP contribution in [-0.2, 0) is 25.6 Å². The van der Waals surface area contributed by atoms with Gasteiger partial charge in [0.05, 0.1) is 12.7 Å². The third-order valence-electron chi connectivity index (χ3n) is 3.24. The molecule has 0 aromatic heterocycles. The summed E-state index contributed by atoms with van der Waals surface area (Å²) >= 11 is 0. The number of aliphatic hydroxyl groups excluding tert-OH is 1. The average molecular weight is 280 g/mol. The number of aliphatic hydroxyl groups is 1. The minimum absolute atomic E-state index is 0.287. The molecule has 1 N–H and O–H groups in total. The number of hydrogen-bond donors (Lipinski definition) is 1. The van der Waals surface area contributed by atoms with Crippen molar-refractivity contribution in [1.29, 1.82) is 0 Å². The largest absolute Gasteiger partial charge is 0.457 e. The maximum absolute atomic E-state index is 11.2. The standard InChI is InChI=1S/C15H20O5/c1-10-15(20-11(2)16)13(8-14(17)19-10)18-9-12-6-4-3-5-7-12/h3-7,10,13-15,17H,8-9H2,1-2H3/t10-,13-,14+,15+/m1/s1. The molecule has 0 spiro atoms. The van der Waals surface area contributed by atoms with E-state index in [9.17, 15) is 9.90 Å². The van der Waals surface area contributed by atoms with Gasteiger partial charge in [0.25, 0.3) is 0 Å². The summed E-state index contributed by atoms with van der Waals surface area (Å²) in [6, 6.07) is 9.72. The van der Waals surface area contributed by atoms with Crippen molar-refractivity contribution in [3.63, 3.8) is 0 Å². The highest BCUT2D eigenvalue weighted by atomic mass is 16.6. The van der Waals surface area contributed by atoms with E-state index in [1.807, 2.05) is 30.3 Å². The van der Waals surface area contributed by atoms with Crippen molar-refractivity contribution in [2.24, 2.45) is 0 Å². The first-order chi connectivity index (χ1) is 9.56. The number of hydrogen-bond acceptors (Lipinski definition) is 5. The molecule has 110 valence electrons. The van der Waals surface area contributed by atoms with E-state index in [4.69, 9.17) is 14.2 Å². The molecule has 1 aromatic carbocycles. The van der Waals surface area contributed by atoms with Crippen molar-refractivity contribution in [2.75, 3.05) is 0 Å². The number of carbonyl (C=O) groups is 1. The highest BCUT2D eigenvalue weighted by molar-refractivity contribution is 5.66. The summed E-state index contributed by atoms with van der Waals surface area (Å²) in [6.45, 7) is 3.52. The number of benzene rings is 1. The molecular weight excluding hydrogens is 260 g/mol. The van der Waals surface area contributed by atoms with Gasteiger partial charge in [-0.05, 0) is 12.5 Å². The Hall–Kier alpha value is -1.43. The molecule has 0 aliphatic carbocycles. The van der Waals surface area contributed by atoms with E-state index in [2.05, 4.69) is 0 Å². The first-order valence-corrected chi connectivity index (χ1v) is 6.72. The molecule has 1 aromatic rings.